The predicted octanol–water partition coefficient (Wildman–Crippen LogP) is 4.06. The molecule has 2 aromatic rings. The van der Waals surface area contributed by atoms with E-state index in [0.29, 0.717) is 17.2 Å². The zero-order valence-electron chi connectivity index (χ0n) is 10.3. The quantitative estimate of drug-likeness (QED) is 0.797. The highest BCUT2D eigenvalue weighted by Gasteiger charge is 2.07. The van der Waals surface area contributed by atoms with Gasteiger partial charge in [0.25, 0.3) is 0 Å². The Morgan fingerprint density at radius 1 is 1.26 bits per heavy atom. The van der Waals surface area contributed by atoms with Crippen LogP contribution in [0, 0.1) is 0 Å². The van der Waals surface area contributed by atoms with E-state index in [2.05, 4.69) is 4.98 Å². The summed E-state index contributed by atoms with van der Waals surface area (Å²) in [4.78, 5) is 16.7. The first kappa shape index (κ1) is 13.9. The molecule has 0 atom stereocenters. The Kier molecular flexibility index (Phi) is 4.82. The second-order valence-electron chi connectivity index (χ2n) is 3.66. The first-order chi connectivity index (χ1) is 9.19. The maximum atomic E-state index is 11.5. The molecule has 0 amide bonds. The smallest absolute Gasteiger partial charge is 0.339 e. The van der Waals surface area contributed by atoms with Gasteiger partial charge in [0.05, 0.1) is 12.2 Å². The maximum Gasteiger partial charge on any atom is 0.339 e. The SMILES string of the molecule is CCOC(=O)c1ccc(Sc2ccc(Cl)cc2)nc1. The summed E-state index contributed by atoms with van der Waals surface area (Å²) in [6.45, 7) is 2.14. The molecule has 0 bridgehead atoms. The van der Waals surface area contributed by atoms with Crippen molar-refractivity contribution in [2.75, 3.05) is 6.61 Å². The van der Waals surface area contributed by atoms with Gasteiger partial charge < -0.3 is 4.74 Å². The van der Waals surface area contributed by atoms with Gasteiger partial charge in [0.2, 0.25) is 0 Å². The van der Waals surface area contributed by atoms with Crippen molar-refractivity contribution in [3.63, 3.8) is 0 Å². The Balaban J connectivity index is 2.06. The number of pyridine rings is 1. The fourth-order valence-corrected chi connectivity index (χ4v) is 2.28. The van der Waals surface area contributed by atoms with Crippen LogP contribution in [0.3, 0.4) is 0 Å². The lowest BCUT2D eigenvalue weighted by molar-refractivity contribution is 0.0525. The summed E-state index contributed by atoms with van der Waals surface area (Å²) in [5, 5.41) is 1.52. The monoisotopic (exact) mass is 293 g/mol. The molecule has 98 valence electrons. The number of esters is 1. The van der Waals surface area contributed by atoms with Gasteiger partial charge in [-0.1, -0.05) is 23.4 Å². The summed E-state index contributed by atoms with van der Waals surface area (Å²) < 4.78 is 4.90. The molecule has 0 spiro atoms. The van der Waals surface area contributed by atoms with E-state index in [1.807, 2.05) is 24.3 Å². The number of rotatable bonds is 4. The minimum absolute atomic E-state index is 0.349. The van der Waals surface area contributed by atoms with E-state index >= 15 is 0 Å². The summed E-state index contributed by atoms with van der Waals surface area (Å²) in [5.74, 6) is -0.349. The molecule has 2 rings (SSSR count). The minimum atomic E-state index is -0.349. The van der Waals surface area contributed by atoms with Crippen LogP contribution < -0.4 is 0 Å². The summed E-state index contributed by atoms with van der Waals surface area (Å²) in [5.41, 5.74) is 0.460. The molecule has 1 heterocycles. The van der Waals surface area contributed by atoms with Crippen LogP contribution in [0.5, 0.6) is 0 Å². The third kappa shape index (κ3) is 3.98. The Morgan fingerprint density at radius 3 is 2.58 bits per heavy atom. The van der Waals surface area contributed by atoms with Crippen LogP contribution in [0.2, 0.25) is 5.02 Å². The van der Waals surface area contributed by atoms with Crippen molar-refractivity contribution in [3.05, 3.63) is 53.2 Å². The highest BCUT2D eigenvalue weighted by Crippen LogP contribution is 2.26. The lowest BCUT2D eigenvalue weighted by atomic mass is 10.3. The van der Waals surface area contributed by atoms with Crippen LogP contribution in [0.4, 0.5) is 0 Å². The number of carbonyl (C=O) groups is 1. The molecular weight excluding hydrogens is 282 g/mol. The van der Waals surface area contributed by atoms with Crippen molar-refractivity contribution in [2.24, 2.45) is 0 Å². The highest BCUT2D eigenvalue weighted by atomic mass is 35.5. The average molecular weight is 294 g/mol. The van der Waals surface area contributed by atoms with Gasteiger partial charge in [-0.25, -0.2) is 9.78 Å². The molecule has 5 heteroatoms. The van der Waals surface area contributed by atoms with Gasteiger partial charge >= 0.3 is 5.97 Å². The molecule has 0 saturated carbocycles. The van der Waals surface area contributed by atoms with E-state index in [1.165, 1.54) is 18.0 Å². The van der Waals surface area contributed by atoms with Gasteiger partial charge in [-0.05, 0) is 43.3 Å². The first-order valence-electron chi connectivity index (χ1n) is 5.75. The van der Waals surface area contributed by atoms with Crippen LogP contribution in [0.1, 0.15) is 17.3 Å². The summed E-state index contributed by atoms with van der Waals surface area (Å²) in [6, 6.07) is 11.0. The van der Waals surface area contributed by atoms with Crippen molar-refractivity contribution >= 4 is 29.3 Å². The Hall–Kier alpha value is -1.52. The fraction of sp³-hybridized carbons (Fsp3) is 0.143. The standard InChI is InChI=1S/C14H12ClNO2S/c1-2-18-14(17)10-3-8-13(16-9-10)19-12-6-4-11(15)5-7-12/h3-9H,2H2,1H3. The molecule has 3 nitrogen and oxygen atoms in total. The number of nitrogens with zero attached hydrogens (tertiary/aromatic N) is 1. The van der Waals surface area contributed by atoms with Crippen LogP contribution in [0.15, 0.2) is 52.5 Å². The normalized spacial score (nSPS) is 10.2. The van der Waals surface area contributed by atoms with Gasteiger partial charge in [-0.2, -0.15) is 0 Å². The molecule has 0 aliphatic carbocycles. The number of benzene rings is 1. The molecule has 19 heavy (non-hydrogen) atoms. The molecule has 0 aliphatic heterocycles. The summed E-state index contributed by atoms with van der Waals surface area (Å²) in [7, 11) is 0. The van der Waals surface area contributed by atoms with Crippen molar-refractivity contribution in [1.29, 1.82) is 0 Å². The lowest BCUT2D eigenvalue weighted by Gasteiger charge is -2.03. The van der Waals surface area contributed by atoms with E-state index in [4.69, 9.17) is 16.3 Å². The van der Waals surface area contributed by atoms with Crippen LogP contribution in [-0.4, -0.2) is 17.6 Å². The van der Waals surface area contributed by atoms with Gasteiger partial charge in [0.15, 0.2) is 0 Å². The largest absolute Gasteiger partial charge is 0.462 e. The lowest BCUT2D eigenvalue weighted by Crippen LogP contribution is -2.04. The summed E-state index contributed by atoms with van der Waals surface area (Å²) in [6.07, 6.45) is 1.52. The number of hydrogen-bond donors (Lipinski definition) is 0. The third-order valence-electron chi connectivity index (χ3n) is 2.28. The first-order valence-corrected chi connectivity index (χ1v) is 6.95. The Bertz CT molecular complexity index is 555. The van der Waals surface area contributed by atoms with E-state index < -0.39 is 0 Å². The van der Waals surface area contributed by atoms with E-state index in [1.54, 1.807) is 19.1 Å². The topological polar surface area (TPSA) is 39.2 Å². The second kappa shape index (κ2) is 6.59. The zero-order valence-corrected chi connectivity index (χ0v) is 11.9. The van der Waals surface area contributed by atoms with Gasteiger partial charge in [-0.3, -0.25) is 0 Å². The van der Waals surface area contributed by atoms with Crippen molar-refractivity contribution in [3.8, 4) is 0 Å². The van der Waals surface area contributed by atoms with Crippen molar-refractivity contribution in [2.45, 2.75) is 16.8 Å². The molecule has 0 N–H and O–H groups in total. The zero-order chi connectivity index (χ0) is 13.7. The second-order valence-corrected chi connectivity index (χ2v) is 5.19. The minimum Gasteiger partial charge on any atom is -0.462 e. The predicted molar refractivity (Wildman–Crippen MR) is 75.8 cm³/mol. The van der Waals surface area contributed by atoms with Gasteiger partial charge in [0, 0.05) is 16.1 Å². The van der Waals surface area contributed by atoms with Crippen LogP contribution in [0.25, 0.3) is 0 Å². The highest BCUT2D eigenvalue weighted by molar-refractivity contribution is 7.99. The maximum absolute atomic E-state index is 11.5. The van der Waals surface area contributed by atoms with E-state index in [0.717, 1.165) is 9.92 Å². The molecule has 0 fully saturated rings. The number of ether oxygens (including phenoxy) is 1. The van der Waals surface area contributed by atoms with E-state index in [-0.39, 0.29) is 5.97 Å². The molecule has 0 aliphatic rings. The summed E-state index contributed by atoms with van der Waals surface area (Å²) >= 11 is 7.33. The molecular formula is C14H12ClNO2S. The third-order valence-corrected chi connectivity index (χ3v) is 3.49. The molecule has 1 aromatic heterocycles. The van der Waals surface area contributed by atoms with Crippen LogP contribution >= 0.6 is 23.4 Å². The molecule has 0 unspecified atom stereocenters. The number of aromatic nitrogens is 1. The Morgan fingerprint density at radius 2 is 2.00 bits per heavy atom. The fourth-order valence-electron chi connectivity index (χ4n) is 1.40. The van der Waals surface area contributed by atoms with E-state index in [9.17, 15) is 4.79 Å². The van der Waals surface area contributed by atoms with Crippen molar-refractivity contribution in [1.82, 2.24) is 4.98 Å². The Labute approximate surface area is 121 Å². The molecule has 0 saturated heterocycles. The molecule has 0 radical (unpaired) electrons. The van der Waals surface area contributed by atoms with Gasteiger partial charge in [0.1, 0.15) is 5.03 Å². The molecule has 1 aromatic carbocycles. The van der Waals surface area contributed by atoms with Crippen LogP contribution in [-0.2, 0) is 4.74 Å². The number of hydrogen-bond acceptors (Lipinski definition) is 4. The van der Waals surface area contributed by atoms with Crippen molar-refractivity contribution < 1.29 is 9.53 Å². The number of carbonyl (C=O) groups excluding carboxylic acids is 1. The van der Waals surface area contributed by atoms with Gasteiger partial charge in [-0.15, -0.1) is 0 Å². The average Bonchev–Trinajstić information content (AvgIpc) is 2.42. The number of halogens is 1.